The Hall–Kier alpha value is -0.480. The van der Waals surface area contributed by atoms with Crippen molar-refractivity contribution in [3.05, 3.63) is 23.3 Å². The number of allylic oxidation sites excluding steroid dienone is 2. The largest absolute Gasteiger partial charge is 0.282 e. The van der Waals surface area contributed by atoms with E-state index in [-0.39, 0.29) is 10.2 Å². The minimum absolute atomic E-state index is 0.225. The summed E-state index contributed by atoms with van der Waals surface area (Å²) in [5.74, 6) is 0. The third kappa shape index (κ3) is 2.25. The summed E-state index contributed by atoms with van der Waals surface area (Å²) >= 11 is 7.36. The molecule has 0 fully saturated rings. The molecule has 0 N–H and O–H groups in total. The van der Waals surface area contributed by atoms with Crippen molar-refractivity contribution in [2.75, 3.05) is 0 Å². The Morgan fingerprint density at radius 1 is 1.00 bits per heavy atom. The SMILES string of the molecule is O=C(S)C1=CCC(C(=O)S)=CC1. The summed E-state index contributed by atoms with van der Waals surface area (Å²) in [6.45, 7) is 0. The van der Waals surface area contributed by atoms with Crippen LogP contribution in [0.15, 0.2) is 23.3 Å². The van der Waals surface area contributed by atoms with Crippen LogP contribution in [-0.4, -0.2) is 10.2 Å². The average Bonchev–Trinajstić information content (AvgIpc) is 2.04. The number of hydrogen-bond donors (Lipinski definition) is 2. The van der Waals surface area contributed by atoms with Gasteiger partial charge in [0.15, 0.2) is 0 Å². The fourth-order valence-electron chi connectivity index (χ4n) is 0.982. The zero-order chi connectivity index (χ0) is 9.14. The maximum absolute atomic E-state index is 10.7. The third-order valence-electron chi connectivity index (χ3n) is 1.69. The van der Waals surface area contributed by atoms with Gasteiger partial charge in [-0.15, -0.1) is 25.3 Å². The van der Waals surface area contributed by atoms with Crippen molar-refractivity contribution >= 4 is 35.5 Å². The molecular formula is C8H8O2S2. The highest BCUT2D eigenvalue weighted by atomic mass is 32.1. The molecule has 0 atom stereocenters. The molecule has 0 spiro atoms. The molecule has 0 aromatic heterocycles. The molecular weight excluding hydrogens is 192 g/mol. The molecule has 0 unspecified atom stereocenters. The van der Waals surface area contributed by atoms with E-state index in [1.54, 1.807) is 12.2 Å². The summed E-state index contributed by atoms with van der Waals surface area (Å²) in [6.07, 6.45) is 4.42. The molecule has 0 aromatic rings. The van der Waals surface area contributed by atoms with Crippen LogP contribution in [0.4, 0.5) is 0 Å². The zero-order valence-corrected chi connectivity index (χ0v) is 8.07. The maximum Gasteiger partial charge on any atom is 0.212 e. The monoisotopic (exact) mass is 200 g/mol. The minimum atomic E-state index is -0.225. The Labute approximate surface area is 81.5 Å². The lowest BCUT2D eigenvalue weighted by Gasteiger charge is -2.07. The van der Waals surface area contributed by atoms with Crippen LogP contribution >= 0.6 is 25.3 Å². The van der Waals surface area contributed by atoms with Crippen molar-refractivity contribution in [1.29, 1.82) is 0 Å². The van der Waals surface area contributed by atoms with Gasteiger partial charge in [-0.1, -0.05) is 12.2 Å². The molecule has 1 aliphatic carbocycles. The Kier molecular flexibility index (Phi) is 3.17. The molecule has 0 bridgehead atoms. The van der Waals surface area contributed by atoms with Crippen molar-refractivity contribution in [3.63, 3.8) is 0 Å². The number of hydrogen-bond acceptors (Lipinski definition) is 2. The van der Waals surface area contributed by atoms with Crippen LogP contribution < -0.4 is 0 Å². The highest BCUT2D eigenvalue weighted by molar-refractivity contribution is 7.97. The summed E-state index contributed by atoms with van der Waals surface area (Å²) in [7, 11) is 0. The Morgan fingerprint density at radius 2 is 1.33 bits per heavy atom. The van der Waals surface area contributed by atoms with E-state index in [1.807, 2.05) is 0 Å². The van der Waals surface area contributed by atoms with Gasteiger partial charge in [0.25, 0.3) is 0 Å². The van der Waals surface area contributed by atoms with Gasteiger partial charge >= 0.3 is 0 Å². The summed E-state index contributed by atoms with van der Waals surface area (Å²) in [6, 6.07) is 0. The van der Waals surface area contributed by atoms with Crippen LogP contribution in [0.2, 0.25) is 0 Å². The second-order valence-electron chi connectivity index (χ2n) is 2.48. The van der Waals surface area contributed by atoms with Gasteiger partial charge in [-0.2, -0.15) is 0 Å². The maximum atomic E-state index is 10.7. The molecule has 0 saturated carbocycles. The van der Waals surface area contributed by atoms with E-state index in [4.69, 9.17) is 0 Å². The standard InChI is InChI=1S/C8H8O2S2/c9-7(11)5-1-2-6(4-3-5)8(10)12/h1,4H,2-3H2,(H,9,11)(H,10,12). The quantitative estimate of drug-likeness (QED) is 0.663. The number of rotatable bonds is 2. The highest BCUT2D eigenvalue weighted by Gasteiger charge is 2.11. The van der Waals surface area contributed by atoms with E-state index in [2.05, 4.69) is 25.3 Å². The van der Waals surface area contributed by atoms with Gasteiger partial charge in [-0.05, 0) is 12.8 Å². The van der Waals surface area contributed by atoms with Crippen LogP contribution in [0.5, 0.6) is 0 Å². The van der Waals surface area contributed by atoms with E-state index in [1.165, 1.54) is 0 Å². The van der Waals surface area contributed by atoms with E-state index in [0.717, 1.165) is 0 Å². The first-order chi connectivity index (χ1) is 5.61. The van der Waals surface area contributed by atoms with Crippen molar-refractivity contribution in [1.82, 2.24) is 0 Å². The fraction of sp³-hybridized carbons (Fsp3) is 0.250. The van der Waals surface area contributed by atoms with Crippen LogP contribution in [0.25, 0.3) is 0 Å². The molecule has 2 nitrogen and oxygen atoms in total. The van der Waals surface area contributed by atoms with Crippen LogP contribution in [0.1, 0.15) is 12.8 Å². The predicted molar refractivity (Wildman–Crippen MR) is 53.4 cm³/mol. The molecule has 0 aromatic carbocycles. The Bertz CT molecular complexity index is 259. The molecule has 64 valence electrons. The minimum Gasteiger partial charge on any atom is -0.282 e. The van der Waals surface area contributed by atoms with E-state index < -0.39 is 0 Å². The van der Waals surface area contributed by atoms with Crippen molar-refractivity contribution in [3.8, 4) is 0 Å². The molecule has 0 aliphatic heterocycles. The second-order valence-corrected chi connectivity index (χ2v) is 3.29. The summed E-state index contributed by atoms with van der Waals surface area (Å²) in [5.41, 5.74) is 1.30. The Morgan fingerprint density at radius 3 is 1.50 bits per heavy atom. The number of thiol groups is 2. The highest BCUT2D eigenvalue weighted by Crippen LogP contribution is 2.20. The van der Waals surface area contributed by atoms with Gasteiger partial charge in [0.2, 0.25) is 10.2 Å². The molecule has 1 rings (SSSR count). The fourth-order valence-corrected chi connectivity index (χ4v) is 1.35. The summed E-state index contributed by atoms with van der Waals surface area (Å²) in [4.78, 5) is 21.5. The van der Waals surface area contributed by atoms with Crippen molar-refractivity contribution in [2.45, 2.75) is 12.8 Å². The molecule has 0 amide bonds. The molecule has 0 heterocycles. The van der Waals surface area contributed by atoms with E-state index in [0.29, 0.717) is 24.0 Å². The normalized spacial score (nSPS) is 16.5. The molecule has 4 heteroatoms. The molecule has 1 aliphatic rings. The van der Waals surface area contributed by atoms with Gasteiger partial charge in [0, 0.05) is 11.1 Å². The smallest absolute Gasteiger partial charge is 0.212 e. The van der Waals surface area contributed by atoms with Gasteiger partial charge in [-0.25, -0.2) is 0 Å². The third-order valence-corrected chi connectivity index (χ3v) is 2.26. The van der Waals surface area contributed by atoms with E-state index >= 15 is 0 Å². The zero-order valence-electron chi connectivity index (χ0n) is 6.28. The number of carbonyl (C=O) groups is 2. The lowest BCUT2D eigenvalue weighted by atomic mass is 10.0. The molecule has 0 radical (unpaired) electrons. The predicted octanol–water partition coefficient (Wildman–Crippen LogP) is 1.55. The van der Waals surface area contributed by atoms with Gasteiger partial charge in [0.05, 0.1) is 0 Å². The first-order valence-corrected chi connectivity index (χ1v) is 4.35. The first kappa shape index (κ1) is 9.61. The van der Waals surface area contributed by atoms with Crippen LogP contribution in [0.3, 0.4) is 0 Å². The summed E-state index contributed by atoms with van der Waals surface area (Å²) in [5, 5.41) is -0.450. The Balaban J connectivity index is 2.66. The molecule has 12 heavy (non-hydrogen) atoms. The second kappa shape index (κ2) is 3.96. The topological polar surface area (TPSA) is 34.1 Å². The van der Waals surface area contributed by atoms with Crippen LogP contribution in [0, 0.1) is 0 Å². The first-order valence-electron chi connectivity index (χ1n) is 3.46. The molecule has 0 saturated heterocycles. The lowest BCUT2D eigenvalue weighted by Crippen LogP contribution is -2.02. The van der Waals surface area contributed by atoms with E-state index in [9.17, 15) is 9.59 Å². The number of carbonyl (C=O) groups excluding carboxylic acids is 2. The van der Waals surface area contributed by atoms with Gasteiger partial charge in [0.1, 0.15) is 0 Å². The van der Waals surface area contributed by atoms with Crippen molar-refractivity contribution in [2.24, 2.45) is 0 Å². The van der Waals surface area contributed by atoms with Gasteiger partial charge in [-0.3, -0.25) is 9.59 Å². The lowest BCUT2D eigenvalue weighted by molar-refractivity contribution is -0.109. The van der Waals surface area contributed by atoms with Crippen LogP contribution in [-0.2, 0) is 9.59 Å². The average molecular weight is 200 g/mol. The summed E-state index contributed by atoms with van der Waals surface area (Å²) < 4.78 is 0. The van der Waals surface area contributed by atoms with Gasteiger partial charge < -0.3 is 0 Å². The van der Waals surface area contributed by atoms with Crippen molar-refractivity contribution < 1.29 is 9.59 Å².